The molecule has 0 saturated carbocycles. The van der Waals surface area contributed by atoms with Gasteiger partial charge < -0.3 is 14.4 Å². The summed E-state index contributed by atoms with van der Waals surface area (Å²) in [5.41, 5.74) is 0. The van der Waals surface area contributed by atoms with Crippen LogP contribution in [0.4, 0.5) is 0 Å². The molecule has 16 heavy (non-hydrogen) atoms. The van der Waals surface area contributed by atoms with Crippen LogP contribution < -0.4 is 0 Å². The average molecular weight is 294 g/mol. The number of hydrogen-bond donors (Lipinski definition) is 0. The zero-order valence-electron chi connectivity index (χ0n) is 9.78. The maximum absolute atomic E-state index is 11.5. The molecule has 1 rings (SSSR count). The first kappa shape index (κ1) is 13.9. The number of likely N-dealkylation sites (tertiary alicyclic amines) is 1. The topological polar surface area (TPSA) is 38.8 Å². The zero-order chi connectivity index (χ0) is 11.8. The smallest absolute Gasteiger partial charge is 0.236 e. The van der Waals surface area contributed by atoms with Gasteiger partial charge in [0.25, 0.3) is 0 Å². The van der Waals surface area contributed by atoms with E-state index in [0.29, 0.717) is 13.2 Å². The summed E-state index contributed by atoms with van der Waals surface area (Å²) in [6.07, 6.45) is 2.95. The number of rotatable bonds is 8. The number of ether oxygens (including phenoxy) is 2. The summed E-state index contributed by atoms with van der Waals surface area (Å²) >= 11 is 3.37. The highest BCUT2D eigenvalue weighted by Crippen LogP contribution is 2.18. The van der Waals surface area contributed by atoms with Gasteiger partial charge >= 0.3 is 0 Å². The van der Waals surface area contributed by atoms with Crippen molar-refractivity contribution in [2.75, 3.05) is 40.0 Å². The summed E-state index contributed by atoms with van der Waals surface area (Å²) in [5.74, 6) is 0.236. The van der Waals surface area contributed by atoms with Crippen LogP contribution in [0.15, 0.2) is 0 Å². The molecule has 0 aromatic heterocycles. The average Bonchev–Trinajstić information content (AvgIpc) is 2.59. The lowest BCUT2D eigenvalue weighted by Gasteiger charge is -2.15. The number of halogens is 1. The number of hydrogen-bond acceptors (Lipinski definition) is 3. The number of carbonyl (C=O) groups is 1. The lowest BCUT2D eigenvalue weighted by molar-refractivity contribution is -0.127. The maximum Gasteiger partial charge on any atom is 0.236 e. The standard InChI is InChI=1S/C11H20BrNO3/c1-15-8-9-16-7-3-2-5-13-6-4-10(12)11(13)14/h10H,2-9H2,1H3. The maximum atomic E-state index is 11.5. The SMILES string of the molecule is COCCOCCCCN1CCC(Br)C1=O. The van der Waals surface area contributed by atoms with E-state index in [-0.39, 0.29) is 10.7 Å². The van der Waals surface area contributed by atoms with Crippen molar-refractivity contribution in [3.8, 4) is 0 Å². The summed E-state index contributed by atoms with van der Waals surface area (Å²) in [6.45, 7) is 3.80. The molecule has 0 aromatic rings. The van der Waals surface area contributed by atoms with E-state index in [1.54, 1.807) is 7.11 Å². The summed E-state index contributed by atoms with van der Waals surface area (Å²) in [5, 5.41) is 0. The fourth-order valence-electron chi connectivity index (χ4n) is 1.67. The van der Waals surface area contributed by atoms with Gasteiger partial charge in [-0.25, -0.2) is 0 Å². The molecule has 1 amide bonds. The van der Waals surface area contributed by atoms with Gasteiger partial charge in [0, 0.05) is 26.8 Å². The van der Waals surface area contributed by atoms with E-state index in [2.05, 4.69) is 15.9 Å². The first-order valence-electron chi connectivity index (χ1n) is 5.75. The van der Waals surface area contributed by atoms with Gasteiger partial charge in [-0.15, -0.1) is 0 Å². The molecule has 94 valence electrons. The lowest BCUT2D eigenvalue weighted by Crippen LogP contribution is -2.28. The summed E-state index contributed by atoms with van der Waals surface area (Å²) in [4.78, 5) is 13.5. The van der Waals surface area contributed by atoms with Crippen LogP contribution in [-0.4, -0.2) is 55.7 Å². The predicted molar refractivity (Wildman–Crippen MR) is 65.8 cm³/mol. The van der Waals surface area contributed by atoms with E-state index < -0.39 is 0 Å². The van der Waals surface area contributed by atoms with Gasteiger partial charge in [-0.05, 0) is 19.3 Å². The van der Waals surface area contributed by atoms with E-state index in [1.165, 1.54) is 0 Å². The van der Waals surface area contributed by atoms with E-state index >= 15 is 0 Å². The third-order valence-electron chi connectivity index (χ3n) is 2.63. The van der Waals surface area contributed by atoms with Crippen LogP contribution in [0.3, 0.4) is 0 Å². The molecular formula is C11H20BrNO3. The Morgan fingerprint density at radius 3 is 2.81 bits per heavy atom. The second-order valence-corrected chi connectivity index (χ2v) is 5.00. The molecule has 1 saturated heterocycles. The predicted octanol–water partition coefficient (Wildman–Crippen LogP) is 1.43. The summed E-state index contributed by atoms with van der Waals surface area (Å²) < 4.78 is 10.2. The molecule has 0 aromatic carbocycles. The highest BCUT2D eigenvalue weighted by Gasteiger charge is 2.28. The first-order valence-corrected chi connectivity index (χ1v) is 6.67. The fourth-order valence-corrected chi connectivity index (χ4v) is 2.17. The first-order chi connectivity index (χ1) is 7.75. The molecule has 0 bridgehead atoms. The summed E-state index contributed by atoms with van der Waals surface area (Å²) in [6, 6.07) is 0. The van der Waals surface area contributed by atoms with Crippen molar-refractivity contribution < 1.29 is 14.3 Å². The van der Waals surface area contributed by atoms with Gasteiger partial charge in [-0.2, -0.15) is 0 Å². The Hall–Kier alpha value is -0.130. The highest BCUT2D eigenvalue weighted by atomic mass is 79.9. The van der Waals surface area contributed by atoms with Crippen LogP contribution in [0.2, 0.25) is 0 Å². The van der Waals surface area contributed by atoms with Crippen molar-refractivity contribution >= 4 is 21.8 Å². The van der Waals surface area contributed by atoms with E-state index in [1.807, 2.05) is 4.90 Å². The van der Waals surface area contributed by atoms with Gasteiger partial charge in [0.05, 0.1) is 18.0 Å². The monoisotopic (exact) mass is 293 g/mol. The Kier molecular flexibility index (Phi) is 7.00. The van der Waals surface area contributed by atoms with Crippen LogP contribution in [0.1, 0.15) is 19.3 Å². The number of carbonyl (C=O) groups excluding carboxylic acids is 1. The third kappa shape index (κ3) is 4.80. The van der Waals surface area contributed by atoms with Gasteiger partial charge in [-0.3, -0.25) is 4.79 Å². The molecule has 0 spiro atoms. The quantitative estimate of drug-likeness (QED) is 0.502. The van der Waals surface area contributed by atoms with Crippen LogP contribution in [0, 0.1) is 0 Å². The molecule has 1 unspecified atom stereocenters. The largest absolute Gasteiger partial charge is 0.382 e. The van der Waals surface area contributed by atoms with E-state index in [4.69, 9.17) is 9.47 Å². The summed E-state index contributed by atoms with van der Waals surface area (Å²) in [7, 11) is 1.67. The van der Waals surface area contributed by atoms with E-state index in [0.717, 1.165) is 39.0 Å². The van der Waals surface area contributed by atoms with Crippen LogP contribution in [0.25, 0.3) is 0 Å². The molecule has 1 aliphatic heterocycles. The fraction of sp³-hybridized carbons (Fsp3) is 0.909. The van der Waals surface area contributed by atoms with Crippen LogP contribution >= 0.6 is 15.9 Å². The van der Waals surface area contributed by atoms with Gasteiger partial charge in [0.1, 0.15) is 0 Å². The number of amides is 1. The molecule has 1 atom stereocenters. The van der Waals surface area contributed by atoms with Gasteiger partial charge in [0.15, 0.2) is 0 Å². The van der Waals surface area contributed by atoms with Crippen LogP contribution in [-0.2, 0) is 14.3 Å². The Morgan fingerprint density at radius 2 is 2.19 bits per heavy atom. The second-order valence-electron chi connectivity index (χ2n) is 3.89. The third-order valence-corrected chi connectivity index (χ3v) is 3.48. The Labute approximate surface area is 105 Å². The lowest BCUT2D eigenvalue weighted by atomic mass is 10.3. The molecule has 0 radical (unpaired) electrons. The zero-order valence-corrected chi connectivity index (χ0v) is 11.4. The minimum atomic E-state index is 0.0467. The Bertz CT molecular complexity index is 213. The van der Waals surface area contributed by atoms with Crippen molar-refractivity contribution in [1.82, 2.24) is 4.90 Å². The molecule has 1 aliphatic rings. The molecule has 0 N–H and O–H groups in total. The van der Waals surface area contributed by atoms with Crippen LogP contribution in [0.5, 0.6) is 0 Å². The number of unbranched alkanes of at least 4 members (excludes halogenated alkanes) is 1. The van der Waals surface area contributed by atoms with Crippen molar-refractivity contribution in [2.45, 2.75) is 24.1 Å². The van der Waals surface area contributed by atoms with Gasteiger partial charge in [-0.1, -0.05) is 15.9 Å². The van der Waals surface area contributed by atoms with Crippen molar-refractivity contribution in [2.24, 2.45) is 0 Å². The second kappa shape index (κ2) is 8.03. The molecule has 4 nitrogen and oxygen atoms in total. The minimum Gasteiger partial charge on any atom is -0.382 e. The minimum absolute atomic E-state index is 0.0467. The normalized spacial score (nSPS) is 20.8. The Balaban J connectivity index is 1.93. The molecular weight excluding hydrogens is 274 g/mol. The molecule has 1 fully saturated rings. The van der Waals surface area contributed by atoms with Crippen molar-refractivity contribution in [3.05, 3.63) is 0 Å². The van der Waals surface area contributed by atoms with Crippen molar-refractivity contribution in [1.29, 1.82) is 0 Å². The molecule has 0 aliphatic carbocycles. The highest BCUT2D eigenvalue weighted by molar-refractivity contribution is 9.10. The number of methoxy groups -OCH3 is 1. The molecule has 5 heteroatoms. The van der Waals surface area contributed by atoms with Crippen molar-refractivity contribution in [3.63, 3.8) is 0 Å². The van der Waals surface area contributed by atoms with Gasteiger partial charge in [0.2, 0.25) is 5.91 Å². The number of alkyl halides is 1. The number of nitrogens with zero attached hydrogens (tertiary/aromatic N) is 1. The van der Waals surface area contributed by atoms with E-state index in [9.17, 15) is 4.79 Å². The molecule has 1 heterocycles. The Morgan fingerprint density at radius 1 is 1.38 bits per heavy atom.